The van der Waals surface area contributed by atoms with E-state index in [0.717, 1.165) is 14.1 Å². The van der Waals surface area contributed by atoms with Crippen LogP contribution < -0.4 is 5.32 Å². The molecule has 0 heterocycles. The maximum Gasteiger partial charge on any atom is 0.449 e. The van der Waals surface area contributed by atoms with Crippen LogP contribution >= 0.6 is 0 Å². The quantitative estimate of drug-likeness (QED) is 0.311. The summed E-state index contributed by atoms with van der Waals surface area (Å²) in [7, 11) is 1.85. The van der Waals surface area contributed by atoms with Crippen LogP contribution in [0.15, 0.2) is 15.0 Å². The summed E-state index contributed by atoms with van der Waals surface area (Å²) in [5.41, 5.74) is -0.953. The van der Waals surface area contributed by atoms with Crippen LogP contribution in [0.4, 0.5) is 31.1 Å². The molecule has 1 N–H and O–H groups in total. The van der Waals surface area contributed by atoms with Crippen molar-refractivity contribution < 1.29 is 40.6 Å². The Morgan fingerprint density at radius 1 is 1.17 bits per heavy atom. The molecule has 0 aliphatic rings. The van der Waals surface area contributed by atoms with E-state index in [1.54, 1.807) is 0 Å². The van der Waals surface area contributed by atoms with E-state index in [1.807, 2.05) is 0 Å². The van der Waals surface area contributed by atoms with Crippen LogP contribution in [-0.2, 0) is 9.47 Å². The van der Waals surface area contributed by atoms with E-state index < -0.39 is 55.2 Å². The molecule has 0 aromatic rings. The minimum absolute atomic E-state index is 0.540. The van der Waals surface area contributed by atoms with Crippen molar-refractivity contribution in [3.8, 4) is 0 Å². The molecule has 168 valence electrons. The maximum atomic E-state index is 13.1. The third-order valence-corrected chi connectivity index (χ3v) is 2.85. The molecule has 0 saturated heterocycles. The van der Waals surface area contributed by atoms with Crippen LogP contribution in [0.5, 0.6) is 0 Å². The lowest BCUT2D eigenvalue weighted by Crippen LogP contribution is -2.55. The predicted octanol–water partition coefficient (Wildman–Crippen LogP) is 3.00. The van der Waals surface area contributed by atoms with E-state index in [1.165, 1.54) is 20.8 Å². The van der Waals surface area contributed by atoms with Crippen molar-refractivity contribution in [3.05, 3.63) is 0 Å². The lowest BCUT2D eigenvalue weighted by molar-refractivity contribution is -0.156. The molecule has 0 bridgehead atoms. The number of likely N-dealkylation sites (N-methyl/N-ethyl adjacent to an activating group) is 1. The highest BCUT2D eigenvalue weighted by Crippen LogP contribution is 2.20. The summed E-state index contributed by atoms with van der Waals surface area (Å²) in [5.74, 6) is -1.36. The zero-order valence-electron chi connectivity index (χ0n) is 16.5. The largest absolute Gasteiger partial charge is 0.454 e. The number of hydrogen-bond donors (Lipinski definition) is 1. The standard InChI is InChI=1S/C15H23F6N5O3/c1-13(2,3)29-12(27)25-9(26(6)10(22-4)15(19,20)21)7-24-11(23-5)28-8-14(16,17)18/h9H,5,7-8H2,1-4,6H3,(H,25,27)/b22-10-,24-11+. The van der Waals surface area contributed by atoms with E-state index in [9.17, 15) is 31.1 Å². The Bertz CT molecular complexity index is 625. The second-order valence-electron chi connectivity index (χ2n) is 6.50. The number of amides is 1. The molecular weight excluding hydrogens is 412 g/mol. The summed E-state index contributed by atoms with van der Waals surface area (Å²) < 4.78 is 85.3. The van der Waals surface area contributed by atoms with E-state index in [4.69, 9.17) is 4.74 Å². The Morgan fingerprint density at radius 2 is 1.72 bits per heavy atom. The van der Waals surface area contributed by atoms with Gasteiger partial charge in [0, 0.05) is 14.1 Å². The van der Waals surface area contributed by atoms with E-state index in [-0.39, 0.29) is 0 Å². The van der Waals surface area contributed by atoms with Crippen molar-refractivity contribution in [1.29, 1.82) is 0 Å². The third-order valence-electron chi connectivity index (χ3n) is 2.85. The molecule has 0 aromatic heterocycles. The van der Waals surface area contributed by atoms with E-state index >= 15 is 0 Å². The number of hydrogen-bond acceptors (Lipinski definition) is 5. The Hall–Kier alpha value is -2.54. The smallest absolute Gasteiger partial charge is 0.449 e. The number of nitrogens with zero attached hydrogens (tertiary/aromatic N) is 4. The zero-order valence-corrected chi connectivity index (χ0v) is 16.5. The van der Waals surface area contributed by atoms with Gasteiger partial charge in [-0.3, -0.25) is 10.3 Å². The van der Waals surface area contributed by atoms with Gasteiger partial charge in [0.15, 0.2) is 6.61 Å². The number of halogens is 6. The molecule has 0 aromatic carbocycles. The summed E-state index contributed by atoms with van der Waals surface area (Å²) in [5, 5.41) is 2.15. The van der Waals surface area contributed by atoms with E-state index in [0.29, 0.717) is 4.90 Å². The molecule has 1 atom stereocenters. The Morgan fingerprint density at radius 3 is 2.10 bits per heavy atom. The highest BCUT2D eigenvalue weighted by atomic mass is 19.4. The van der Waals surface area contributed by atoms with Crippen LogP contribution in [0.2, 0.25) is 0 Å². The number of aliphatic imine (C=N–C) groups is 3. The first-order chi connectivity index (χ1) is 13.0. The molecule has 0 fully saturated rings. The van der Waals surface area contributed by atoms with Crippen molar-refractivity contribution in [2.75, 3.05) is 27.2 Å². The number of amidine groups is 2. The second kappa shape index (κ2) is 10.3. The number of carbonyl (C=O) groups excluding carboxylic acids is 1. The lowest BCUT2D eigenvalue weighted by Gasteiger charge is -2.31. The van der Waals surface area contributed by atoms with Gasteiger partial charge >= 0.3 is 24.5 Å². The molecule has 14 heteroatoms. The normalized spacial score (nSPS) is 14.9. The summed E-state index contributed by atoms with van der Waals surface area (Å²) in [6.07, 6.45) is -12.1. The summed E-state index contributed by atoms with van der Waals surface area (Å²) >= 11 is 0. The first kappa shape index (κ1) is 26.5. The van der Waals surface area contributed by atoms with Gasteiger partial charge < -0.3 is 14.4 Å². The monoisotopic (exact) mass is 435 g/mol. The number of nitrogens with one attached hydrogen (secondary N) is 1. The number of ether oxygens (including phenoxy) is 2. The fraction of sp³-hybridized carbons (Fsp3) is 0.733. The molecular formula is C15H23F6N5O3. The molecule has 0 radical (unpaired) electrons. The summed E-state index contributed by atoms with van der Waals surface area (Å²) in [6, 6.07) is -0.811. The van der Waals surface area contributed by atoms with Crippen LogP contribution in [0.1, 0.15) is 20.8 Å². The number of alkyl halides is 6. The van der Waals surface area contributed by atoms with Crippen LogP contribution in [0.3, 0.4) is 0 Å². The Balaban J connectivity index is 5.59. The fourth-order valence-corrected chi connectivity index (χ4v) is 1.79. The minimum atomic E-state index is -4.87. The number of alkyl carbamates (subject to hydrolysis) is 1. The summed E-state index contributed by atoms with van der Waals surface area (Å²) in [6.45, 7) is 5.18. The van der Waals surface area contributed by atoms with Gasteiger partial charge in [-0.05, 0) is 27.5 Å². The van der Waals surface area contributed by atoms with Crippen molar-refractivity contribution in [1.82, 2.24) is 10.2 Å². The third kappa shape index (κ3) is 11.1. The molecule has 8 nitrogen and oxygen atoms in total. The van der Waals surface area contributed by atoms with Crippen molar-refractivity contribution in [2.24, 2.45) is 15.0 Å². The molecule has 0 aliphatic heterocycles. The van der Waals surface area contributed by atoms with Crippen LogP contribution in [-0.4, -0.2) is 80.9 Å². The highest BCUT2D eigenvalue weighted by molar-refractivity contribution is 5.88. The predicted molar refractivity (Wildman–Crippen MR) is 94.2 cm³/mol. The molecule has 1 amide bonds. The molecule has 29 heavy (non-hydrogen) atoms. The Kier molecular flexibility index (Phi) is 9.40. The van der Waals surface area contributed by atoms with Gasteiger partial charge in [-0.25, -0.2) is 14.8 Å². The van der Waals surface area contributed by atoms with Gasteiger partial charge in [0.25, 0.3) is 0 Å². The van der Waals surface area contributed by atoms with Crippen molar-refractivity contribution >= 4 is 24.7 Å². The molecule has 1 unspecified atom stereocenters. The highest BCUT2D eigenvalue weighted by Gasteiger charge is 2.41. The first-order valence-electron chi connectivity index (χ1n) is 7.97. The Labute approximate surface area is 163 Å². The number of rotatable bonds is 5. The van der Waals surface area contributed by atoms with E-state index in [2.05, 4.69) is 31.7 Å². The number of carbonyl (C=O) groups is 1. The average Bonchev–Trinajstić information content (AvgIpc) is 2.50. The molecule has 0 spiro atoms. The van der Waals surface area contributed by atoms with Gasteiger partial charge in [0.05, 0.1) is 6.54 Å². The van der Waals surface area contributed by atoms with Gasteiger partial charge in [-0.2, -0.15) is 26.3 Å². The molecule has 0 rings (SSSR count). The van der Waals surface area contributed by atoms with Crippen LogP contribution in [0, 0.1) is 0 Å². The van der Waals surface area contributed by atoms with Gasteiger partial charge in [0.1, 0.15) is 11.8 Å². The average molecular weight is 435 g/mol. The second-order valence-corrected chi connectivity index (χ2v) is 6.50. The molecule has 0 aliphatic carbocycles. The van der Waals surface area contributed by atoms with Crippen molar-refractivity contribution in [2.45, 2.75) is 44.9 Å². The zero-order chi connectivity index (χ0) is 23.0. The summed E-state index contributed by atoms with van der Waals surface area (Å²) in [4.78, 5) is 22.3. The minimum Gasteiger partial charge on any atom is -0.454 e. The van der Waals surface area contributed by atoms with Gasteiger partial charge in [0.2, 0.25) is 5.84 Å². The van der Waals surface area contributed by atoms with Crippen molar-refractivity contribution in [3.63, 3.8) is 0 Å². The SMILES string of the molecule is C=N/C(=N\CC(NC(=O)OC(C)(C)C)N(C)/C(=N\C)C(F)(F)F)OCC(F)(F)F. The van der Waals surface area contributed by atoms with Crippen LogP contribution in [0.25, 0.3) is 0 Å². The lowest BCUT2D eigenvalue weighted by atomic mass is 10.2. The fourth-order valence-electron chi connectivity index (χ4n) is 1.79. The topological polar surface area (TPSA) is 87.9 Å². The molecule has 0 saturated carbocycles. The maximum absolute atomic E-state index is 13.1. The first-order valence-corrected chi connectivity index (χ1v) is 7.97. The van der Waals surface area contributed by atoms with Gasteiger partial charge in [-0.1, -0.05) is 0 Å². The van der Waals surface area contributed by atoms with Gasteiger partial charge in [-0.15, -0.1) is 0 Å².